The van der Waals surface area contributed by atoms with E-state index in [0.29, 0.717) is 18.4 Å². The Morgan fingerprint density at radius 1 is 1.35 bits per heavy atom. The van der Waals surface area contributed by atoms with Gasteiger partial charge in [0.1, 0.15) is 0 Å². The van der Waals surface area contributed by atoms with Gasteiger partial charge in [0, 0.05) is 0 Å². The largest absolute Gasteiger partial charge is 0.480 e. The summed E-state index contributed by atoms with van der Waals surface area (Å²) in [5.41, 5.74) is 1.43. The van der Waals surface area contributed by atoms with Crippen LogP contribution in [0.2, 0.25) is 0 Å². The van der Waals surface area contributed by atoms with Crippen molar-refractivity contribution >= 4 is 15.8 Å². The van der Waals surface area contributed by atoms with Gasteiger partial charge in [-0.15, -0.1) is 0 Å². The van der Waals surface area contributed by atoms with Crippen LogP contribution in [0.15, 0.2) is 23.1 Å². The summed E-state index contributed by atoms with van der Waals surface area (Å²) in [6.07, 6.45) is 1.47. The molecule has 0 aromatic heterocycles. The van der Waals surface area contributed by atoms with Crippen LogP contribution in [0, 0.1) is 19.8 Å². The van der Waals surface area contributed by atoms with Crippen LogP contribution in [0.5, 0.6) is 0 Å². The maximum atomic E-state index is 13.0. The molecule has 1 aliphatic carbocycles. The highest BCUT2D eigenvalue weighted by Crippen LogP contribution is 2.45. The van der Waals surface area contributed by atoms with Gasteiger partial charge in [-0.1, -0.05) is 25.5 Å². The van der Waals surface area contributed by atoms with E-state index in [1.54, 1.807) is 26.0 Å². The van der Waals surface area contributed by atoms with Gasteiger partial charge in [-0.05, 0) is 49.8 Å². The van der Waals surface area contributed by atoms with E-state index >= 15 is 0 Å². The van der Waals surface area contributed by atoms with E-state index in [0.717, 1.165) is 5.56 Å². The fourth-order valence-electron chi connectivity index (χ4n) is 3.18. The SMILES string of the molecule is Cc1ccc(C)c(S(=O)(=O)C2(C(=O)O)CCCC2C)c1. The molecule has 2 rings (SSSR count). The topological polar surface area (TPSA) is 71.4 Å². The molecular formula is C15H20O4S. The molecule has 4 nitrogen and oxygen atoms in total. The first-order valence-electron chi connectivity index (χ1n) is 6.79. The van der Waals surface area contributed by atoms with Crippen molar-refractivity contribution in [2.24, 2.45) is 5.92 Å². The van der Waals surface area contributed by atoms with Gasteiger partial charge in [-0.3, -0.25) is 4.79 Å². The standard InChI is InChI=1S/C15H20O4S/c1-10-6-7-11(2)13(9-10)20(18,19)15(14(16)17)8-4-5-12(15)3/h6-7,9,12H,4-5,8H2,1-3H3,(H,16,17). The van der Waals surface area contributed by atoms with Gasteiger partial charge in [0.15, 0.2) is 14.6 Å². The monoisotopic (exact) mass is 296 g/mol. The Morgan fingerprint density at radius 2 is 2.00 bits per heavy atom. The van der Waals surface area contributed by atoms with Crippen molar-refractivity contribution in [3.8, 4) is 0 Å². The third-order valence-corrected chi connectivity index (χ3v) is 7.22. The summed E-state index contributed by atoms with van der Waals surface area (Å²) in [5, 5.41) is 9.61. The van der Waals surface area contributed by atoms with Crippen molar-refractivity contribution in [1.29, 1.82) is 0 Å². The molecule has 2 atom stereocenters. The van der Waals surface area contributed by atoms with Crippen LogP contribution < -0.4 is 0 Å². The number of hydrogen-bond donors (Lipinski definition) is 1. The molecule has 1 N–H and O–H groups in total. The number of hydrogen-bond acceptors (Lipinski definition) is 3. The summed E-state index contributed by atoms with van der Waals surface area (Å²) >= 11 is 0. The average Bonchev–Trinajstić information content (AvgIpc) is 2.75. The van der Waals surface area contributed by atoms with Crippen LogP contribution in [-0.4, -0.2) is 24.2 Å². The molecule has 1 aliphatic rings. The molecule has 0 amide bonds. The molecule has 0 bridgehead atoms. The van der Waals surface area contributed by atoms with Crippen LogP contribution >= 0.6 is 0 Å². The number of sulfone groups is 1. The number of rotatable bonds is 3. The Morgan fingerprint density at radius 3 is 2.50 bits per heavy atom. The average molecular weight is 296 g/mol. The van der Waals surface area contributed by atoms with E-state index in [1.807, 2.05) is 13.0 Å². The number of aliphatic carboxylic acids is 1. The lowest BCUT2D eigenvalue weighted by molar-refractivity contribution is -0.141. The molecule has 0 spiro atoms. The highest BCUT2D eigenvalue weighted by Gasteiger charge is 2.58. The molecule has 5 heteroatoms. The Kier molecular flexibility index (Phi) is 3.67. The van der Waals surface area contributed by atoms with E-state index in [9.17, 15) is 18.3 Å². The Labute approximate surface area is 119 Å². The van der Waals surface area contributed by atoms with Crippen molar-refractivity contribution < 1.29 is 18.3 Å². The summed E-state index contributed by atoms with van der Waals surface area (Å²) in [6.45, 7) is 5.25. The lowest BCUT2D eigenvalue weighted by Crippen LogP contribution is -2.48. The molecule has 0 saturated heterocycles. The summed E-state index contributed by atoms with van der Waals surface area (Å²) in [4.78, 5) is 11.9. The minimum absolute atomic E-state index is 0.161. The third kappa shape index (κ3) is 1.95. The van der Waals surface area contributed by atoms with Gasteiger partial charge in [0.2, 0.25) is 0 Å². The zero-order valence-electron chi connectivity index (χ0n) is 12.0. The molecule has 0 heterocycles. The number of carbonyl (C=O) groups is 1. The number of carboxylic acid groups (broad SMARTS) is 1. The number of carboxylic acids is 1. The Balaban J connectivity index is 2.70. The van der Waals surface area contributed by atoms with Crippen LogP contribution in [0.3, 0.4) is 0 Å². The van der Waals surface area contributed by atoms with Gasteiger partial charge >= 0.3 is 5.97 Å². The van der Waals surface area contributed by atoms with Crippen LogP contribution in [-0.2, 0) is 14.6 Å². The zero-order valence-corrected chi connectivity index (χ0v) is 12.8. The first kappa shape index (κ1) is 15.0. The lowest BCUT2D eigenvalue weighted by atomic mass is 9.97. The summed E-state index contributed by atoms with van der Waals surface area (Å²) in [7, 11) is -3.90. The summed E-state index contributed by atoms with van der Waals surface area (Å²) < 4.78 is 24.3. The second-order valence-electron chi connectivity index (χ2n) is 5.76. The Hall–Kier alpha value is -1.36. The second-order valence-corrected chi connectivity index (χ2v) is 7.94. The highest BCUT2D eigenvalue weighted by atomic mass is 32.2. The molecule has 20 heavy (non-hydrogen) atoms. The molecular weight excluding hydrogens is 276 g/mol. The first-order valence-corrected chi connectivity index (χ1v) is 8.27. The smallest absolute Gasteiger partial charge is 0.325 e. The van der Waals surface area contributed by atoms with Crippen molar-refractivity contribution in [2.75, 3.05) is 0 Å². The van der Waals surface area contributed by atoms with E-state index < -0.39 is 20.6 Å². The van der Waals surface area contributed by atoms with Crippen LogP contribution in [0.4, 0.5) is 0 Å². The van der Waals surface area contributed by atoms with E-state index in [2.05, 4.69) is 0 Å². The summed E-state index contributed by atoms with van der Waals surface area (Å²) in [6, 6.07) is 5.15. The molecule has 1 aromatic carbocycles. The molecule has 110 valence electrons. The van der Waals surface area contributed by atoms with Crippen molar-refractivity contribution in [2.45, 2.75) is 49.7 Å². The predicted octanol–water partition coefficient (Wildman–Crippen LogP) is 2.72. The van der Waals surface area contributed by atoms with Crippen LogP contribution in [0.1, 0.15) is 37.3 Å². The molecule has 0 aliphatic heterocycles. The molecule has 1 fully saturated rings. The molecule has 0 radical (unpaired) electrons. The van der Waals surface area contributed by atoms with Gasteiger partial charge in [0.25, 0.3) is 0 Å². The molecule has 2 unspecified atom stereocenters. The van der Waals surface area contributed by atoms with Crippen LogP contribution in [0.25, 0.3) is 0 Å². The zero-order chi connectivity index (χ0) is 15.1. The maximum Gasteiger partial charge on any atom is 0.325 e. The molecule has 1 saturated carbocycles. The predicted molar refractivity (Wildman–Crippen MR) is 76.5 cm³/mol. The van der Waals surface area contributed by atoms with Gasteiger partial charge in [0.05, 0.1) is 4.90 Å². The fourth-order valence-corrected chi connectivity index (χ4v) is 5.69. The van der Waals surface area contributed by atoms with E-state index in [1.165, 1.54) is 0 Å². The van der Waals surface area contributed by atoms with Crippen molar-refractivity contribution in [1.82, 2.24) is 0 Å². The minimum atomic E-state index is -3.90. The Bertz CT molecular complexity index is 648. The van der Waals surface area contributed by atoms with Gasteiger partial charge in [-0.2, -0.15) is 0 Å². The quantitative estimate of drug-likeness (QED) is 0.931. The van der Waals surface area contributed by atoms with E-state index in [-0.39, 0.29) is 17.2 Å². The normalized spacial score (nSPS) is 26.6. The fraction of sp³-hybridized carbons (Fsp3) is 0.533. The number of aryl methyl sites for hydroxylation is 2. The second kappa shape index (κ2) is 4.88. The molecule has 1 aromatic rings. The number of benzene rings is 1. The minimum Gasteiger partial charge on any atom is -0.480 e. The van der Waals surface area contributed by atoms with Crippen molar-refractivity contribution in [3.63, 3.8) is 0 Å². The van der Waals surface area contributed by atoms with Crippen molar-refractivity contribution in [3.05, 3.63) is 29.3 Å². The first-order chi connectivity index (χ1) is 9.23. The maximum absolute atomic E-state index is 13.0. The highest BCUT2D eigenvalue weighted by molar-refractivity contribution is 7.93. The van der Waals surface area contributed by atoms with Gasteiger partial charge < -0.3 is 5.11 Å². The third-order valence-electron chi connectivity index (χ3n) is 4.46. The lowest BCUT2D eigenvalue weighted by Gasteiger charge is -2.29. The van der Waals surface area contributed by atoms with E-state index in [4.69, 9.17) is 0 Å². The van der Waals surface area contributed by atoms with Gasteiger partial charge in [-0.25, -0.2) is 8.42 Å². The summed E-state index contributed by atoms with van der Waals surface area (Å²) in [5.74, 6) is -1.59.